The van der Waals surface area contributed by atoms with Crippen molar-refractivity contribution in [1.29, 1.82) is 0 Å². The van der Waals surface area contributed by atoms with E-state index in [9.17, 15) is 0 Å². The number of hydrogen-bond acceptors (Lipinski definition) is 10. The molecule has 10 rings (SSSR count). The average Bonchev–Trinajstić information content (AvgIpc) is 3.78. The Hall–Kier alpha value is -5.36. The topological polar surface area (TPSA) is 157 Å². The Bertz CT molecular complexity index is 3100. The number of ether oxygens (including phenoxy) is 2. The van der Waals surface area contributed by atoms with Crippen LogP contribution in [0.1, 0.15) is 44.9 Å². The van der Waals surface area contributed by atoms with E-state index in [0.29, 0.717) is 12.5 Å². The van der Waals surface area contributed by atoms with Gasteiger partial charge >= 0.3 is 0 Å². The highest BCUT2D eigenvalue weighted by molar-refractivity contribution is 7.85. The zero-order chi connectivity index (χ0) is 49.0. The minimum Gasteiger partial charge on any atom is -0.748 e. The van der Waals surface area contributed by atoms with E-state index >= 15 is 0 Å². The molecule has 0 N–H and O–H groups in total. The van der Waals surface area contributed by atoms with Gasteiger partial charge in [0.15, 0.2) is 37.9 Å². The van der Waals surface area contributed by atoms with E-state index < -0.39 is 20.2 Å². The predicted octanol–water partition coefficient (Wildman–Crippen LogP) is 7.49. The van der Waals surface area contributed by atoms with Crippen LogP contribution in [0.15, 0.2) is 97.6 Å². The van der Waals surface area contributed by atoms with Crippen LogP contribution >= 0.6 is 0 Å². The molecule has 4 aromatic carbocycles. The van der Waals surface area contributed by atoms with Crippen LogP contribution in [-0.4, -0.2) is 111 Å². The maximum absolute atomic E-state index is 9.08. The van der Waals surface area contributed by atoms with Crippen LogP contribution in [-0.2, 0) is 47.4 Å². The van der Waals surface area contributed by atoms with Gasteiger partial charge in [0.1, 0.15) is 11.5 Å². The number of aryl methyl sites for hydroxylation is 2. The largest absolute Gasteiger partial charge is 0.748 e. The molecule has 0 aliphatic carbocycles. The smallest absolute Gasteiger partial charge is 0.177 e. The molecule has 0 amide bonds. The van der Waals surface area contributed by atoms with Crippen LogP contribution in [0.4, 0.5) is 0 Å². The Morgan fingerprint density at radius 2 is 0.913 bits per heavy atom. The zero-order valence-corrected chi connectivity index (χ0v) is 42.4. The Kier molecular flexibility index (Phi) is 15.5. The molecule has 0 bridgehead atoms. The molecular weight excluding hydrogens is 913 g/mol. The van der Waals surface area contributed by atoms with E-state index in [0.717, 1.165) is 49.5 Å². The lowest BCUT2D eigenvalue weighted by Gasteiger charge is -2.33. The van der Waals surface area contributed by atoms with Crippen LogP contribution in [0, 0.1) is 11.8 Å². The van der Waals surface area contributed by atoms with Gasteiger partial charge in [-0.3, -0.25) is 9.80 Å². The Balaban J connectivity index is 0.000000585. The molecule has 0 unspecified atom stereocenters. The highest BCUT2D eigenvalue weighted by atomic mass is 32.2. The van der Waals surface area contributed by atoms with E-state index in [4.69, 9.17) is 35.4 Å². The highest BCUT2D eigenvalue weighted by Gasteiger charge is 2.24. The summed E-state index contributed by atoms with van der Waals surface area (Å²) in [5.41, 5.74) is 5.02. The lowest BCUT2D eigenvalue weighted by atomic mass is 9.87. The van der Waals surface area contributed by atoms with Gasteiger partial charge in [-0.25, -0.2) is 26.0 Å². The van der Waals surface area contributed by atoms with E-state index in [1.54, 1.807) is 14.2 Å². The van der Waals surface area contributed by atoms with Crippen molar-refractivity contribution in [2.24, 2.45) is 25.9 Å². The Morgan fingerprint density at radius 3 is 1.28 bits per heavy atom. The number of likely N-dealkylation sites (tertiary alicyclic amines) is 2. The number of pyridine rings is 2. The van der Waals surface area contributed by atoms with Crippen LogP contribution in [0.5, 0.6) is 11.5 Å². The minimum atomic E-state index is -3.92. The summed E-state index contributed by atoms with van der Waals surface area (Å²) in [5, 5.41) is 10.4. The summed E-state index contributed by atoms with van der Waals surface area (Å²) in [6.07, 6.45) is 20.1. The molecule has 6 heterocycles. The fraction of sp³-hybridized carbons (Fsp3) is 0.434. The number of aromatic nitrogens is 4. The van der Waals surface area contributed by atoms with E-state index in [-0.39, 0.29) is 0 Å². The molecule has 4 aromatic heterocycles. The molecule has 14 nitrogen and oxygen atoms in total. The van der Waals surface area contributed by atoms with Crippen molar-refractivity contribution in [2.75, 3.05) is 66.0 Å². The lowest BCUT2D eigenvalue weighted by molar-refractivity contribution is -0.695. The maximum atomic E-state index is 9.08. The fourth-order valence-corrected chi connectivity index (χ4v) is 10.7. The molecule has 0 spiro atoms. The number of benzene rings is 4. The summed E-state index contributed by atoms with van der Waals surface area (Å²) in [4.78, 5) is 5.40. The number of fused-ring (bicyclic) bond motifs is 10. The van der Waals surface area contributed by atoms with Gasteiger partial charge < -0.3 is 27.7 Å². The molecule has 2 aliphatic rings. The normalized spacial score (nSPS) is 15.8. The standard InChI is InChI=1S/C51H60N6O2.2CH4O3S/c1-52-46-14-10-40(58-3)32-42(46)50-44-34-56(26-20-38(44)8-12-48(50)52)30-28-54-22-16-36(17-23-54)6-5-7-37-18-24-55(25-19-37)29-31-57-27-21-39-9-13-49-51(45(39)35-57)43-33-41(59-4)11-15-47(43)53(49)2;2*1-5(2,3)4/h8-15,20-21,26-27,32-37H,5-7,16-19,22-25,28-31H2,1-4H3;2*1H3,(H,2,3,4)/q+2;;/p-2. The second kappa shape index (κ2) is 21.3. The van der Waals surface area contributed by atoms with Crippen molar-refractivity contribution in [3.05, 3.63) is 97.6 Å². The summed E-state index contributed by atoms with van der Waals surface area (Å²) in [5.74, 6) is 3.61. The molecule has 2 saturated heterocycles. The van der Waals surface area contributed by atoms with Crippen LogP contribution in [0.3, 0.4) is 0 Å². The molecule has 368 valence electrons. The molecule has 69 heavy (non-hydrogen) atoms. The predicted molar refractivity (Wildman–Crippen MR) is 273 cm³/mol. The third-order valence-electron chi connectivity index (χ3n) is 14.4. The van der Waals surface area contributed by atoms with Gasteiger partial charge in [0.25, 0.3) is 0 Å². The van der Waals surface area contributed by atoms with Gasteiger partial charge in [-0.1, -0.05) is 31.4 Å². The number of rotatable bonds is 12. The second-order valence-corrected chi connectivity index (χ2v) is 21.9. The van der Waals surface area contributed by atoms with Crippen molar-refractivity contribution in [1.82, 2.24) is 18.9 Å². The van der Waals surface area contributed by atoms with E-state index in [1.165, 1.54) is 136 Å². The fourth-order valence-electron chi connectivity index (χ4n) is 10.7. The number of nitrogens with zero attached hydrogens (tertiary/aromatic N) is 6. The Labute approximate surface area is 406 Å². The van der Waals surface area contributed by atoms with Crippen LogP contribution < -0.4 is 18.6 Å². The van der Waals surface area contributed by atoms with Gasteiger partial charge in [-0.05, 0) is 123 Å². The highest BCUT2D eigenvalue weighted by Crippen LogP contribution is 2.37. The molecule has 16 heteroatoms. The molecule has 0 atom stereocenters. The monoisotopic (exact) mass is 978 g/mol. The Morgan fingerprint density at radius 1 is 0.551 bits per heavy atom. The molecule has 0 radical (unpaired) electrons. The number of hydrogen-bond donors (Lipinski definition) is 0. The van der Waals surface area contributed by atoms with Crippen molar-refractivity contribution < 1.29 is 44.5 Å². The van der Waals surface area contributed by atoms with Crippen LogP contribution in [0.25, 0.3) is 65.2 Å². The third-order valence-corrected chi connectivity index (χ3v) is 14.4. The molecular formula is C53H66N6O8S2. The van der Waals surface area contributed by atoms with Crippen molar-refractivity contribution in [2.45, 2.75) is 58.0 Å². The SMILES string of the molecule is COc1ccc2c(c1)c1c3c[n+](CCN4CCC(CCCC5CCN(CC[n+]6ccc7ccc8c(c7c6)c6cc(OC)ccc6n8C)CC5)CC4)ccc3ccc1n2C.CS(=O)(=O)[O-].CS(=O)(=O)[O-]. The number of methoxy groups -OCH3 is 2. The van der Waals surface area contributed by atoms with Crippen molar-refractivity contribution in [3.63, 3.8) is 0 Å². The first-order chi connectivity index (χ1) is 32.9. The third kappa shape index (κ3) is 12.3. The maximum Gasteiger partial charge on any atom is 0.177 e. The first kappa shape index (κ1) is 50.0. The minimum absolute atomic E-state index is 0.604. The van der Waals surface area contributed by atoms with Gasteiger partial charge in [-0.2, -0.15) is 0 Å². The van der Waals surface area contributed by atoms with Crippen molar-refractivity contribution in [3.8, 4) is 11.5 Å². The van der Waals surface area contributed by atoms with Gasteiger partial charge in [0, 0.05) is 82.4 Å². The lowest BCUT2D eigenvalue weighted by Crippen LogP contribution is -2.43. The summed E-state index contributed by atoms with van der Waals surface area (Å²) < 4.78 is 75.1. The first-order valence-electron chi connectivity index (χ1n) is 24.0. The zero-order valence-electron chi connectivity index (χ0n) is 40.8. The van der Waals surface area contributed by atoms with E-state index in [2.05, 4.69) is 140 Å². The molecule has 0 saturated carbocycles. The van der Waals surface area contributed by atoms with Gasteiger partial charge in [0.05, 0.1) is 58.3 Å². The summed E-state index contributed by atoms with van der Waals surface area (Å²) in [7, 11) is 0.00584. The van der Waals surface area contributed by atoms with Gasteiger partial charge in [0.2, 0.25) is 0 Å². The van der Waals surface area contributed by atoms with E-state index in [1.807, 2.05) is 0 Å². The average molecular weight is 979 g/mol. The van der Waals surface area contributed by atoms with Crippen molar-refractivity contribution >= 4 is 85.4 Å². The summed E-state index contributed by atoms with van der Waals surface area (Å²) in [6, 6.07) is 26.5. The molecule has 2 aliphatic heterocycles. The summed E-state index contributed by atoms with van der Waals surface area (Å²) in [6.45, 7) is 9.23. The molecule has 8 aromatic rings. The number of piperidine rings is 2. The van der Waals surface area contributed by atoms with Crippen LogP contribution in [0.2, 0.25) is 0 Å². The second-order valence-electron chi connectivity index (χ2n) is 19.1. The molecule has 2 fully saturated rings. The summed E-state index contributed by atoms with van der Waals surface area (Å²) >= 11 is 0. The van der Waals surface area contributed by atoms with Gasteiger partial charge in [-0.15, -0.1) is 0 Å². The first-order valence-corrected chi connectivity index (χ1v) is 27.6. The quantitative estimate of drug-likeness (QED) is 0.0888.